The molecule has 0 spiro atoms. The molecule has 7 nitrogen and oxygen atoms in total. The Morgan fingerprint density at radius 2 is 1.90 bits per heavy atom. The van der Waals surface area contributed by atoms with E-state index in [0.29, 0.717) is 32.5 Å². The van der Waals surface area contributed by atoms with Gasteiger partial charge >= 0.3 is 0 Å². The van der Waals surface area contributed by atoms with E-state index in [1.54, 1.807) is 25.7 Å². The topological polar surface area (TPSA) is 77.4 Å². The lowest BCUT2D eigenvalue weighted by molar-refractivity contribution is -0.139. The average Bonchev–Trinajstić information content (AvgIpc) is 2.83. The monoisotopic (exact) mass is 404 g/mol. The zero-order chi connectivity index (χ0) is 20.8. The van der Waals surface area contributed by atoms with Gasteiger partial charge in [0.1, 0.15) is 18.2 Å². The zero-order valence-corrected chi connectivity index (χ0v) is 16.9. The maximum Gasteiger partial charge on any atom is 0.223 e. The molecule has 0 bridgehead atoms. The van der Waals surface area contributed by atoms with Gasteiger partial charge in [-0.05, 0) is 30.2 Å². The van der Waals surface area contributed by atoms with Crippen molar-refractivity contribution in [2.45, 2.75) is 18.9 Å². The first-order chi connectivity index (χ1) is 14.7. The van der Waals surface area contributed by atoms with Gasteiger partial charge in [0.05, 0.1) is 26.0 Å². The van der Waals surface area contributed by atoms with Crippen molar-refractivity contribution in [2.24, 2.45) is 0 Å². The molecule has 0 N–H and O–H groups in total. The Balaban J connectivity index is 1.34. The SMILES string of the molecule is COc1ccc(CCC(=O)N2CCO[C@H](c3ccc(-c4cncnc4)cn3)C2)cc1. The third kappa shape index (κ3) is 4.80. The number of aromatic nitrogens is 3. The minimum Gasteiger partial charge on any atom is -0.497 e. The summed E-state index contributed by atoms with van der Waals surface area (Å²) in [5, 5.41) is 0. The van der Waals surface area contributed by atoms with Crippen molar-refractivity contribution in [3.8, 4) is 16.9 Å². The number of benzene rings is 1. The Labute approximate surface area is 175 Å². The van der Waals surface area contributed by atoms with Crippen LogP contribution in [0.25, 0.3) is 11.1 Å². The van der Waals surface area contributed by atoms with E-state index in [0.717, 1.165) is 28.1 Å². The van der Waals surface area contributed by atoms with Crippen LogP contribution in [0.5, 0.6) is 5.75 Å². The number of nitrogens with zero attached hydrogens (tertiary/aromatic N) is 4. The highest BCUT2D eigenvalue weighted by Gasteiger charge is 2.26. The van der Waals surface area contributed by atoms with Crippen LogP contribution in [0.1, 0.15) is 23.8 Å². The van der Waals surface area contributed by atoms with Gasteiger partial charge in [0, 0.05) is 42.7 Å². The Hall–Kier alpha value is -3.32. The van der Waals surface area contributed by atoms with Gasteiger partial charge in [-0.25, -0.2) is 9.97 Å². The lowest BCUT2D eigenvalue weighted by atomic mass is 10.1. The zero-order valence-electron chi connectivity index (χ0n) is 16.9. The highest BCUT2D eigenvalue weighted by molar-refractivity contribution is 5.76. The first-order valence-corrected chi connectivity index (χ1v) is 9.96. The molecular formula is C23H24N4O3. The molecule has 1 aliphatic heterocycles. The fraction of sp³-hybridized carbons (Fsp3) is 0.304. The molecule has 1 fully saturated rings. The molecule has 1 amide bonds. The summed E-state index contributed by atoms with van der Waals surface area (Å²) in [6, 6.07) is 11.8. The number of hydrogen-bond donors (Lipinski definition) is 0. The standard InChI is InChI=1S/C23H24N4O3/c1-29-20-6-2-17(3-7-20)4-9-23(28)27-10-11-30-22(15-27)21-8-5-18(14-26-21)19-12-24-16-25-13-19/h2-3,5-8,12-14,16,22H,4,9-11,15H2,1H3/t22-/m0/s1. The molecule has 1 saturated heterocycles. The molecule has 0 unspecified atom stereocenters. The van der Waals surface area contributed by atoms with E-state index >= 15 is 0 Å². The van der Waals surface area contributed by atoms with E-state index in [-0.39, 0.29) is 12.0 Å². The van der Waals surface area contributed by atoms with Crippen molar-refractivity contribution in [3.05, 3.63) is 72.6 Å². The Kier molecular flexibility index (Phi) is 6.29. The first kappa shape index (κ1) is 20.0. The molecule has 0 radical (unpaired) electrons. The number of carbonyl (C=O) groups is 1. The molecule has 1 atom stereocenters. The number of pyridine rings is 1. The van der Waals surface area contributed by atoms with Gasteiger partial charge in [0.2, 0.25) is 5.91 Å². The van der Waals surface area contributed by atoms with Crippen LogP contribution in [-0.2, 0) is 16.0 Å². The Morgan fingerprint density at radius 3 is 2.60 bits per heavy atom. The van der Waals surface area contributed by atoms with Gasteiger partial charge in [0.15, 0.2) is 0 Å². The molecule has 154 valence electrons. The predicted molar refractivity (Wildman–Crippen MR) is 112 cm³/mol. The second-order valence-electron chi connectivity index (χ2n) is 7.15. The summed E-state index contributed by atoms with van der Waals surface area (Å²) in [4.78, 5) is 27.2. The van der Waals surface area contributed by atoms with Crippen molar-refractivity contribution < 1.29 is 14.3 Å². The molecule has 0 aliphatic carbocycles. The number of ether oxygens (including phenoxy) is 2. The fourth-order valence-electron chi connectivity index (χ4n) is 3.47. The summed E-state index contributed by atoms with van der Waals surface area (Å²) in [5.74, 6) is 0.955. The summed E-state index contributed by atoms with van der Waals surface area (Å²) in [7, 11) is 1.64. The maximum absolute atomic E-state index is 12.7. The van der Waals surface area contributed by atoms with Gasteiger partial charge in [-0.15, -0.1) is 0 Å². The van der Waals surface area contributed by atoms with Crippen molar-refractivity contribution in [1.82, 2.24) is 19.9 Å². The van der Waals surface area contributed by atoms with Crippen LogP contribution in [0, 0.1) is 0 Å². The minimum absolute atomic E-state index is 0.136. The molecule has 1 aliphatic rings. The number of methoxy groups -OCH3 is 1. The van der Waals surface area contributed by atoms with Gasteiger partial charge in [-0.3, -0.25) is 9.78 Å². The van der Waals surface area contributed by atoms with Crippen molar-refractivity contribution in [1.29, 1.82) is 0 Å². The smallest absolute Gasteiger partial charge is 0.223 e. The van der Waals surface area contributed by atoms with E-state index in [4.69, 9.17) is 9.47 Å². The van der Waals surface area contributed by atoms with Crippen LogP contribution >= 0.6 is 0 Å². The molecule has 0 saturated carbocycles. The number of aryl methyl sites for hydroxylation is 1. The van der Waals surface area contributed by atoms with Crippen LogP contribution in [0.3, 0.4) is 0 Å². The number of carbonyl (C=O) groups excluding carboxylic acids is 1. The molecule has 7 heteroatoms. The van der Waals surface area contributed by atoms with Gasteiger partial charge in [0.25, 0.3) is 0 Å². The summed E-state index contributed by atoms with van der Waals surface area (Å²) >= 11 is 0. The molecule has 1 aromatic carbocycles. The Bertz CT molecular complexity index is 962. The van der Waals surface area contributed by atoms with Gasteiger partial charge in [-0.2, -0.15) is 0 Å². The van der Waals surface area contributed by atoms with Crippen LogP contribution in [0.4, 0.5) is 0 Å². The van der Waals surface area contributed by atoms with Gasteiger partial charge < -0.3 is 14.4 Å². The fourth-order valence-corrected chi connectivity index (χ4v) is 3.47. The third-order valence-corrected chi connectivity index (χ3v) is 5.22. The lowest BCUT2D eigenvalue weighted by Crippen LogP contribution is -2.42. The third-order valence-electron chi connectivity index (χ3n) is 5.22. The van der Waals surface area contributed by atoms with Crippen LogP contribution in [0.2, 0.25) is 0 Å². The largest absolute Gasteiger partial charge is 0.497 e. The van der Waals surface area contributed by atoms with Crippen molar-refractivity contribution in [3.63, 3.8) is 0 Å². The van der Waals surface area contributed by atoms with Gasteiger partial charge in [-0.1, -0.05) is 18.2 Å². The van der Waals surface area contributed by atoms with Crippen LogP contribution in [0.15, 0.2) is 61.3 Å². The van der Waals surface area contributed by atoms with E-state index in [1.807, 2.05) is 41.3 Å². The molecule has 4 rings (SSSR count). The van der Waals surface area contributed by atoms with Crippen LogP contribution in [-0.4, -0.2) is 52.6 Å². The summed E-state index contributed by atoms with van der Waals surface area (Å²) in [6.45, 7) is 1.63. The van der Waals surface area contributed by atoms with Crippen LogP contribution < -0.4 is 4.74 Å². The highest BCUT2D eigenvalue weighted by Crippen LogP contribution is 2.24. The molecule has 3 heterocycles. The normalized spacial score (nSPS) is 16.3. The predicted octanol–water partition coefficient (Wildman–Crippen LogP) is 3.08. The first-order valence-electron chi connectivity index (χ1n) is 9.96. The molecular weight excluding hydrogens is 380 g/mol. The molecule has 2 aromatic heterocycles. The second kappa shape index (κ2) is 9.45. The number of morpholine rings is 1. The number of amides is 1. The number of hydrogen-bond acceptors (Lipinski definition) is 6. The minimum atomic E-state index is -0.218. The maximum atomic E-state index is 12.7. The Morgan fingerprint density at radius 1 is 1.10 bits per heavy atom. The van der Waals surface area contributed by atoms with E-state index in [2.05, 4.69) is 15.0 Å². The summed E-state index contributed by atoms with van der Waals surface area (Å²) in [6.07, 6.45) is 7.76. The summed E-state index contributed by atoms with van der Waals surface area (Å²) in [5.41, 5.74) is 3.80. The quantitative estimate of drug-likeness (QED) is 0.628. The lowest BCUT2D eigenvalue weighted by Gasteiger charge is -2.32. The van der Waals surface area contributed by atoms with E-state index < -0.39 is 0 Å². The second-order valence-corrected chi connectivity index (χ2v) is 7.15. The molecule has 30 heavy (non-hydrogen) atoms. The summed E-state index contributed by atoms with van der Waals surface area (Å²) < 4.78 is 11.1. The van der Waals surface area contributed by atoms with Crippen molar-refractivity contribution in [2.75, 3.05) is 26.8 Å². The molecule has 3 aromatic rings. The van der Waals surface area contributed by atoms with E-state index in [9.17, 15) is 4.79 Å². The van der Waals surface area contributed by atoms with Crippen molar-refractivity contribution >= 4 is 5.91 Å². The average molecular weight is 404 g/mol. The highest BCUT2D eigenvalue weighted by atomic mass is 16.5. The van der Waals surface area contributed by atoms with E-state index in [1.165, 1.54) is 6.33 Å². The number of rotatable bonds is 6.